The highest BCUT2D eigenvalue weighted by Gasteiger charge is 2.03. The van der Waals surface area contributed by atoms with E-state index in [9.17, 15) is 5.11 Å². The van der Waals surface area contributed by atoms with Crippen LogP contribution in [0.15, 0.2) is 30.3 Å². The molecule has 0 heterocycles. The lowest BCUT2D eigenvalue weighted by Crippen LogP contribution is -2.21. The summed E-state index contributed by atoms with van der Waals surface area (Å²) < 4.78 is 10.3. The molecule has 1 aromatic carbocycles. The quantitative estimate of drug-likeness (QED) is 0.507. The van der Waals surface area contributed by atoms with Gasteiger partial charge in [-0.2, -0.15) is 0 Å². The number of primary amides is 1. The van der Waals surface area contributed by atoms with Crippen molar-refractivity contribution in [2.24, 2.45) is 5.73 Å². The van der Waals surface area contributed by atoms with Gasteiger partial charge in [0.15, 0.2) is 0 Å². The summed E-state index contributed by atoms with van der Waals surface area (Å²) in [6.45, 7) is 1.17. The largest absolute Gasteiger partial charge is 0.465 e. The van der Waals surface area contributed by atoms with Crippen molar-refractivity contribution in [2.45, 2.75) is 12.7 Å². The first-order chi connectivity index (χ1) is 9.56. The van der Waals surface area contributed by atoms with E-state index in [1.54, 1.807) is 0 Å². The van der Waals surface area contributed by atoms with Gasteiger partial charge in [0, 0.05) is 0 Å². The first-order valence-corrected chi connectivity index (χ1v) is 5.85. The second-order valence-electron chi connectivity index (χ2n) is 3.71. The zero-order valence-electron chi connectivity index (χ0n) is 11.1. The summed E-state index contributed by atoms with van der Waals surface area (Å²) in [5.74, 6) is 2.33. The Hall–Kier alpha value is -2.07. The van der Waals surface area contributed by atoms with E-state index in [0.29, 0.717) is 6.61 Å². The molecule has 6 nitrogen and oxygen atoms in total. The van der Waals surface area contributed by atoms with Crippen LogP contribution in [0.1, 0.15) is 5.56 Å². The molecule has 0 bridgehead atoms. The maximum Gasteiger partial charge on any atom is 0.402 e. The second-order valence-corrected chi connectivity index (χ2v) is 3.71. The molecule has 0 radical (unpaired) electrons. The zero-order chi connectivity index (χ0) is 15.2. The Morgan fingerprint density at radius 2 is 1.85 bits per heavy atom. The van der Waals surface area contributed by atoms with E-state index in [-0.39, 0.29) is 19.8 Å². The van der Waals surface area contributed by atoms with E-state index in [1.807, 2.05) is 30.3 Å². The molecule has 0 fully saturated rings. The van der Waals surface area contributed by atoms with Crippen LogP contribution in [0.25, 0.3) is 0 Å². The van der Waals surface area contributed by atoms with Crippen molar-refractivity contribution in [3.63, 3.8) is 0 Å². The normalized spacial score (nSPS) is 10.8. The third-order valence-electron chi connectivity index (χ3n) is 1.92. The van der Waals surface area contributed by atoms with Crippen LogP contribution >= 0.6 is 0 Å². The molecule has 1 amide bonds. The molecule has 110 valence electrons. The third-order valence-corrected chi connectivity index (χ3v) is 1.92. The van der Waals surface area contributed by atoms with Gasteiger partial charge in [-0.15, -0.1) is 6.42 Å². The van der Waals surface area contributed by atoms with Crippen LogP contribution in [-0.4, -0.2) is 42.2 Å². The molecule has 6 heteroatoms. The number of terminal acetylenes is 1. The Morgan fingerprint density at radius 3 is 2.40 bits per heavy atom. The summed E-state index contributed by atoms with van der Waals surface area (Å²) in [5, 5.41) is 16.6. The number of benzene rings is 1. The van der Waals surface area contributed by atoms with Gasteiger partial charge in [-0.25, -0.2) is 4.79 Å². The van der Waals surface area contributed by atoms with Gasteiger partial charge in [0.05, 0.1) is 19.8 Å². The lowest BCUT2D eigenvalue weighted by molar-refractivity contribution is -0.0170. The van der Waals surface area contributed by atoms with Gasteiger partial charge in [-0.05, 0) is 5.56 Å². The number of hydrogen-bond donors (Lipinski definition) is 3. The van der Waals surface area contributed by atoms with E-state index in [1.165, 1.54) is 0 Å². The molecule has 0 aliphatic rings. The maximum atomic E-state index is 9.44. The first-order valence-electron chi connectivity index (χ1n) is 5.85. The lowest BCUT2D eigenvalue weighted by Gasteiger charge is -2.10. The van der Waals surface area contributed by atoms with Gasteiger partial charge < -0.3 is 25.4 Å². The number of hydrogen-bond acceptors (Lipinski definition) is 4. The summed E-state index contributed by atoms with van der Waals surface area (Å²) in [6, 6.07) is 9.80. The van der Waals surface area contributed by atoms with Crippen molar-refractivity contribution in [1.29, 1.82) is 0 Å². The van der Waals surface area contributed by atoms with Gasteiger partial charge in [0.2, 0.25) is 0 Å². The highest BCUT2D eigenvalue weighted by atomic mass is 16.5. The molecule has 0 aliphatic carbocycles. The number of aliphatic hydroxyl groups excluding tert-OH is 1. The van der Waals surface area contributed by atoms with Crippen LogP contribution in [0.3, 0.4) is 0 Å². The SMILES string of the molecule is C#CCOCC(O)COCc1ccccc1.NC(=O)O. The molecule has 0 aromatic heterocycles. The van der Waals surface area contributed by atoms with Crippen molar-refractivity contribution in [3.05, 3.63) is 35.9 Å². The minimum absolute atomic E-state index is 0.207. The molecule has 1 aromatic rings. The minimum atomic E-state index is -1.33. The molecule has 0 saturated heterocycles. The first kappa shape index (κ1) is 17.9. The van der Waals surface area contributed by atoms with Gasteiger partial charge in [0.1, 0.15) is 12.7 Å². The smallest absolute Gasteiger partial charge is 0.402 e. The number of nitrogens with two attached hydrogens (primary N) is 1. The Morgan fingerprint density at radius 1 is 1.30 bits per heavy atom. The number of carbonyl (C=O) groups is 1. The fourth-order valence-corrected chi connectivity index (χ4v) is 1.19. The van der Waals surface area contributed by atoms with Gasteiger partial charge in [0.25, 0.3) is 0 Å². The molecule has 0 spiro atoms. The summed E-state index contributed by atoms with van der Waals surface area (Å²) in [5.41, 5.74) is 5.11. The van der Waals surface area contributed by atoms with Crippen molar-refractivity contribution in [3.8, 4) is 12.3 Å². The molecule has 0 saturated carbocycles. The van der Waals surface area contributed by atoms with Gasteiger partial charge >= 0.3 is 6.09 Å². The Kier molecular flexibility index (Phi) is 10.7. The van der Waals surface area contributed by atoms with Crippen molar-refractivity contribution >= 4 is 6.09 Å². The molecule has 4 N–H and O–H groups in total. The van der Waals surface area contributed by atoms with Crippen molar-refractivity contribution in [2.75, 3.05) is 19.8 Å². The van der Waals surface area contributed by atoms with E-state index in [0.717, 1.165) is 5.56 Å². The summed E-state index contributed by atoms with van der Waals surface area (Å²) in [4.78, 5) is 8.78. The van der Waals surface area contributed by atoms with E-state index < -0.39 is 12.2 Å². The number of ether oxygens (including phenoxy) is 2. The van der Waals surface area contributed by atoms with Crippen LogP contribution in [0.4, 0.5) is 4.79 Å². The molecule has 1 rings (SSSR count). The number of aliphatic hydroxyl groups is 1. The Bertz CT molecular complexity index is 398. The number of amides is 1. The van der Waals surface area contributed by atoms with E-state index >= 15 is 0 Å². The second kappa shape index (κ2) is 12.0. The zero-order valence-corrected chi connectivity index (χ0v) is 11.1. The highest BCUT2D eigenvalue weighted by molar-refractivity contribution is 5.61. The average Bonchev–Trinajstić information content (AvgIpc) is 2.40. The molecule has 1 unspecified atom stereocenters. The number of carboxylic acid groups (broad SMARTS) is 1. The molecule has 1 atom stereocenters. The molecular formula is C14H19NO5. The van der Waals surface area contributed by atoms with Crippen molar-refractivity contribution < 1.29 is 24.5 Å². The predicted molar refractivity (Wildman–Crippen MR) is 74.0 cm³/mol. The fraction of sp³-hybridized carbons (Fsp3) is 0.357. The van der Waals surface area contributed by atoms with Gasteiger partial charge in [-0.3, -0.25) is 0 Å². The topological polar surface area (TPSA) is 102 Å². The highest BCUT2D eigenvalue weighted by Crippen LogP contribution is 2.01. The van der Waals surface area contributed by atoms with Crippen molar-refractivity contribution in [1.82, 2.24) is 0 Å². The summed E-state index contributed by atoms with van der Waals surface area (Å²) in [7, 11) is 0. The lowest BCUT2D eigenvalue weighted by atomic mass is 10.2. The Balaban J connectivity index is 0.000000796. The maximum absolute atomic E-state index is 9.44. The monoisotopic (exact) mass is 281 g/mol. The molecular weight excluding hydrogens is 262 g/mol. The van der Waals surface area contributed by atoms with Crippen LogP contribution in [-0.2, 0) is 16.1 Å². The molecule has 0 aliphatic heterocycles. The minimum Gasteiger partial charge on any atom is -0.465 e. The molecule has 20 heavy (non-hydrogen) atoms. The van der Waals surface area contributed by atoms with Crippen LogP contribution in [0.2, 0.25) is 0 Å². The fourth-order valence-electron chi connectivity index (χ4n) is 1.19. The summed E-state index contributed by atoms with van der Waals surface area (Å²) >= 11 is 0. The van der Waals surface area contributed by atoms with Crippen LogP contribution in [0.5, 0.6) is 0 Å². The van der Waals surface area contributed by atoms with Crippen LogP contribution < -0.4 is 5.73 Å². The standard InChI is InChI=1S/C13H16O3.CH3NO2/c1-2-8-15-10-13(14)11-16-9-12-6-4-3-5-7-12;2-1(3)4/h1,3-7,13-14H,8-11H2;2H2,(H,3,4). The summed E-state index contributed by atoms with van der Waals surface area (Å²) in [6.07, 6.45) is 3.04. The van der Waals surface area contributed by atoms with Crippen LogP contribution in [0, 0.1) is 12.3 Å². The third kappa shape index (κ3) is 12.4. The number of rotatable bonds is 7. The average molecular weight is 281 g/mol. The Labute approximate surface area is 118 Å². The van der Waals surface area contributed by atoms with E-state index in [4.69, 9.17) is 25.8 Å². The predicted octanol–water partition coefficient (Wildman–Crippen LogP) is 0.837. The van der Waals surface area contributed by atoms with E-state index in [2.05, 4.69) is 11.7 Å². The van der Waals surface area contributed by atoms with Gasteiger partial charge in [-0.1, -0.05) is 36.3 Å².